The summed E-state index contributed by atoms with van der Waals surface area (Å²) in [4.78, 5) is 2.38. The second kappa shape index (κ2) is 16.9. The molecule has 0 heterocycles. The van der Waals surface area contributed by atoms with Crippen molar-refractivity contribution in [3.8, 4) is 11.5 Å². The molecule has 0 aliphatic carbocycles. The van der Waals surface area contributed by atoms with Crippen molar-refractivity contribution in [1.82, 2.24) is 0 Å². The Labute approximate surface area is 262 Å². The number of hydrogen-bond acceptors (Lipinski definition) is 4. The number of benzene rings is 2. The molecule has 0 aliphatic rings. The maximum Gasteiger partial charge on any atom is 0.167 e. The van der Waals surface area contributed by atoms with E-state index in [0.29, 0.717) is 10.8 Å². The zero-order valence-electron chi connectivity index (χ0n) is 27.7. The van der Waals surface area contributed by atoms with E-state index in [1.54, 1.807) is 11.8 Å². The van der Waals surface area contributed by atoms with E-state index in [4.69, 9.17) is 17.0 Å². The second-order valence-electron chi connectivity index (χ2n) is 14.0. The van der Waals surface area contributed by atoms with Crippen LogP contribution in [0.15, 0.2) is 34.1 Å². The average molecular weight is 599 g/mol. The van der Waals surface area contributed by atoms with Gasteiger partial charge in [-0.2, -0.15) is 0 Å². The molecule has 0 unspecified atom stereocenters. The van der Waals surface area contributed by atoms with E-state index in [1.165, 1.54) is 91.5 Å². The number of phenolic OH excluding ortho intramolecular Hbond substituents is 1. The van der Waals surface area contributed by atoms with Gasteiger partial charge in [0.05, 0.1) is 0 Å². The first-order valence-corrected chi connectivity index (χ1v) is 17.3. The summed E-state index contributed by atoms with van der Waals surface area (Å²) in [5.41, 5.74) is 4.21. The molecule has 0 amide bonds. The Morgan fingerprint density at radius 2 is 1.12 bits per heavy atom. The van der Waals surface area contributed by atoms with Gasteiger partial charge in [0.2, 0.25) is 0 Å². The summed E-state index contributed by atoms with van der Waals surface area (Å²) in [6, 6.07) is 8.50. The van der Waals surface area contributed by atoms with Crippen molar-refractivity contribution < 1.29 is 9.84 Å². The number of rotatable bonds is 16. The van der Waals surface area contributed by atoms with E-state index in [1.807, 2.05) is 6.07 Å². The van der Waals surface area contributed by atoms with E-state index in [0.717, 1.165) is 29.7 Å². The lowest BCUT2D eigenvalue weighted by Crippen LogP contribution is -2.16. The van der Waals surface area contributed by atoms with Crippen LogP contribution in [-0.2, 0) is 10.8 Å². The van der Waals surface area contributed by atoms with Crippen LogP contribution in [0.3, 0.4) is 0 Å². The number of aromatic hydroxyl groups is 1. The van der Waals surface area contributed by atoms with Gasteiger partial charge < -0.3 is 9.84 Å². The minimum Gasteiger partial charge on any atom is -0.508 e. The van der Waals surface area contributed by atoms with Crippen LogP contribution in [0, 0.1) is 13.8 Å². The summed E-state index contributed by atoms with van der Waals surface area (Å²) < 4.78 is 6.35. The molecular formula is C37H58O2S2. The summed E-state index contributed by atoms with van der Waals surface area (Å²) in [5, 5.41) is 11.3. The summed E-state index contributed by atoms with van der Waals surface area (Å²) in [7, 11) is 0. The highest BCUT2D eigenvalue weighted by molar-refractivity contribution is 7.99. The molecule has 0 fully saturated rings. The smallest absolute Gasteiger partial charge is 0.167 e. The third-order valence-corrected chi connectivity index (χ3v) is 9.47. The van der Waals surface area contributed by atoms with Gasteiger partial charge in [-0.1, -0.05) is 131 Å². The van der Waals surface area contributed by atoms with Gasteiger partial charge in [-0.15, -0.1) is 0 Å². The fourth-order valence-corrected chi connectivity index (χ4v) is 6.49. The van der Waals surface area contributed by atoms with Crippen LogP contribution < -0.4 is 4.74 Å². The maximum atomic E-state index is 10.6. The highest BCUT2D eigenvalue weighted by Gasteiger charge is 2.24. The molecule has 0 bridgehead atoms. The van der Waals surface area contributed by atoms with Crippen molar-refractivity contribution in [3.05, 3.63) is 46.5 Å². The van der Waals surface area contributed by atoms with Crippen LogP contribution in [0.25, 0.3) is 0 Å². The van der Waals surface area contributed by atoms with Gasteiger partial charge >= 0.3 is 0 Å². The zero-order chi connectivity index (χ0) is 30.6. The lowest BCUT2D eigenvalue weighted by molar-refractivity contribution is 0.445. The number of phenols is 1. The van der Waals surface area contributed by atoms with Crippen LogP contribution in [0.4, 0.5) is 0 Å². The maximum absolute atomic E-state index is 10.6. The first kappa shape index (κ1) is 35.7. The molecule has 1 N–H and O–H groups in total. The minimum absolute atomic E-state index is 0.0788. The summed E-state index contributed by atoms with van der Waals surface area (Å²) in [6.45, 7) is 19.6. The fraction of sp³-hybridized carbons (Fsp3) is 0.649. The largest absolute Gasteiger partial charge is 0.508 e. The van der Waals surface area contributed by atoms with Crippen LogP contribution >= 0.6 is 24.0 Å². The summed E-state index contributed by atoms with van der Waals surface area (Å²) in [5.74, 6) is 1.26. The molecule has 2 nitrogen and oxygen atoms in total. The quantitative estimate of drug-likeness (QED) is 0.154. The Hall–Kier alpha value is -1.52. The Balaban J connectivity index is 1.96. The fourth-order valence-electron chi connectivity index (χ4n) is 5.23. The van der Waals surface area contributed by atoms with Crippen LogP contribution in [0.2, 0.25) is 0 Å². The van der Waals surface area contributed by atoms with Crippen LogP contribution in [0.5, 0.6) is 11.5 Å². The molecule has 4 heteroatoms. The molecule has 0 saturated heterocycles. The van der Waals surface area contributed by atoms with Crippen molar-refractivity contribution in [1.29, 1.82) is 0 Å². The minimum atomic E-state index is -0.125. The van der Waals surface area contributed by atoms with Crippen LogP contribution in [-0.4, -0.2) is 10.2 Å². The van der Waals surface area contributed by atoms with Gasteiger partial charge in [0.1, 0.15) is 11.5 Å². The molecule has 0 radical (unpaired) electrons. The molecule has 0 spiro atoms. The molecule has 0 atom stereocenters. The van der Waals surface area contributed by atoms with E-state index in [9.17, 15) is 5.11 Å². The van der Waals surface area contributed by atoms with E-state index >= 15 is 0 Å². The molecule has 2 aromatic rings. The zero-order valence-corrected chi connectivity index (χ0v) is 29.3. The molecule has 0 aliphatic heterocycles. The highest BCUT2D eigenvalue weighted by Crippen LogP contribution is 2.43. The molecule has 0 aromatic heterocycles. The van der Waals surface area contributed by atoms with Gasteiger partial charge in [-0.25, -0.2) is 0 Å². The average Bonchev–Trinajstić information content (AvgIpc) is 2.86. The first-order valence-electron chi connectivity index (χ1n) is 16.1. The van der Waals surface area contributed by atoms with E-state index in [2.05, 4.69) is 80.5 Å². The Morgan fingerprint density at radius 3 is 1.61 bits per heavy atom. The lowest BCUT2D eigenvalue weighted by atomic mass is 9.86. The number of ether oxygens (including phenoxy) is 1. The van der Waals surface area contributed by atoms with E-state index < -0.39 is 0 Å². The number of unbranched alkanes of at least 4 members (excludes halogenated alkanes) is 11. The standard InChI is InChI=1S/C37H58O2S2/c1-10-11-12-13-14-15-16-17-18-19-20-21-22-35(40)39-32-24-28(3)34(26-30(32)37(7,8)9)41-33-25-29(36(4,5)6)31(38)23-27(33)2/h23-26,38H,10-22H2,1-9H3. The molecular weight excluding hydrogens is 541 g/mol. The Bertz CT molecular complexity index is 1110. The molecule has 41 heavy (non-hydrogen) atoms. The van der Waals surface area contributed by atoms with Crippen molar-refractivity contribution in [2.24, 2.45) is 0 Å². The normalized spacial score (nSPS) is 12.1. The van der Waals surface area contributed by atoms with Gasteiger partial charge in [0.25, 0.3) is 0 Å². The van der Waals surface area contributed by atoms with Gasteiger partial charge in [-0.3, -0.25) is 0 Å². The summed E-state index contributed by atoms with van der Waals surface area (Å²) in [6.07, 6.45) is 16.9. The molecule has 230 valence electrons. The Morgan fingerprint density at radius 1 is 0.683 bits per heavy atom. The number of aryl methyl sites for hydroxylation is 2. The van der Waals surface area contributed by atoms with Crippen LogP contribution in [0.1, 0.15) is 154 Å². The lowest BCUT2D eigenvalue weighted by Gasteiger charge is -2.25. The third-order valence-electron chi connectivity index (χ3n) is 7.86. The predicted molar refractivity (Wildman–Crippen MR) is 184 cm³/mol. The summed E-state index contributed by atoms with van der Waals surface area (Å²) >= 11 is 7.47. The van der Waals surface area contributed by atoms with Gasteiger partial charge in [-0.05, 0) is 78.7 Å². The van der Waals surface area contributed by atoms with Gasteiger partial charge in [0.15, 0.2) is 5.05 Å². The van der Waals surface area contributed by atoms with Crippen molar-refractivity contribution in [2.75, 3.05) is 0 Å². The SMILES string of the molecule is CCCCCCCCCCCCCCC(=S)Oc1cc(C)c(Sc2cc(C(C)(C)C)c(O)cc2C)cc1C(C)(C)C. The molecule has 2 rings (SSSR count). The van der Waals surface area contributed by atoms with E-state index in [-0.39, 0.29) is 10.8 Å². The second-order valence-corrected chi connectivity index (χ2v) is 15.5. The Kier molecular flexibility index (Phi) is 14.7. The van der Waals surface area contributed by atoms with Crippen molar-refractivity contribution in [2.45, 2.75) is 166 Å². The van der Waals surface area contributed by atoms with Crippen molar-refractivity contribution in [3.63, 3.8) is 0 Å². The number of thiocarbonyl (C=S) groups is 1. The monoisotopic (exact) mass is 598 g/mol. The molecule has 2 aromatic carbocycles. The predicted octanol–water partition coefficient (Wildman–Crippen LogP) is 12.6. The number of hydrogen-bond donors (Lipinski definition) is 1. The van der Waals surface area contributed by atoms with Gasteiger partial charge in [0, 0.05) is 27.3 Å². The third kappa shape index (κ3) is 12.3. The topological polar surface area (TPSA) is 29.5 Å². The molecule has 0 saturated carbocycles. The first-order chi connectivity index (χ1) is 19.2. The van der Waals surface area contributed by atoms with Crippen molar-refractivity contribution >= 4 is 29.0 Å². The highest BCUT2D eigenvalue weighted by atomic mass is 32.2.